The summed E-state index contributed by atoms with van der Waals surface area (Å²) in [7, 11) is 1.56. The molecule has 30 heavy (non-hydrogen) atoms. The van der Waals surface area contributed by atoms with Gasteiger partial charge in [0.15, 0.2) is 11.5 Å². The van der Waals surface area contributed by atoms with Gasteiger partial charge in [0, 0.05) is 12.1 Å². The summed E-state index contributed by atoms with van der Waals surface area (Å²) in [4.78, 5) is 26.7. The number of amides is 2. The van der Waals surface area contributed by atoms with E-state index in [1.165, 1.54) is 17.0 Å². The lowest BCUT2D eigenvalue weighted by molar-refractivity contribution is -0.128. The first-order chi connectivity index (χ1) is 14.4. The molecule has 0 radical (unpaired) electrons. The number of para-hydroxylation sites is 1. The van der Waals surface area contributed by atoms with Crippen LogP contribution in [0.2, 0.25) is 0 Å². The summed E-state index contributed by atoms with van der Waals surface area (Å²) in [5.74, 6) is -0.431. The monoisotopic (exact) mass is 444 g/mol. The standard InChI is InChI=1S/C21H20N2O5S2/c1-28-17-5-3-2-4-14(17)11-18-20(27)23(21(29)30-18)12-19(26)22-9-8-13-6-7-15(24)16(25)10-13/h2-7,10-11,24-25H,8-9,12H2,1H3,(H,22,26). The van der Waals surface area contributed by atoms with E-state index in [-0.39, 0.29) is 29.9 Å². The van der Waals surface area contributed by atoms with Crippen LogP contribution in [0.3, 0.4) is 0 Å². The van der Waals surface area contributed by atoms with Crippen molar-refractivity contribution in [1.29, 1.82) is 0 Å². The van der Waals surface area contributed by atoms with Crippen molar-refractivity contribution < 1.29 is 24.5 Å². The molecule has 1 heterocycles. The fraction of sp³-hybridized carbons (Fsp3) is 0.190. The molecule has 0 spiro atoms. The van der Waals surface area contributed by atoms with Gasteiger partial charge in [-0.2, -0.15) is 0 Å². The lowest BCUT2D eigenvalue weighted by atomic mass is 10.1. The van der Waals surface area contributed by atoms with E-state index in [0.717, 1.165) is 22.9 Å². The number of phenols is 2. The van der Waals surface area contributed by atoms with Crippen LogP contribution in [-0.4, -0.2) is 51.4 Å². The van der Waals surface area contributed by atoms with Crippen molar-refractivity contribution in [2.45, 2.75) is 6.42 Å². The molecule has 0 saturated carbocycles. The van der Waals surface area contributed by atoms with Gasteiger partial charge in [0.1, 0.15) is 16.6 Å². The quantitative estimate of drug-likeness (QED) is 0.343. The Balaban J connectivity index is 1.57. The molecule has 3 rings (SSSR count). The molecule has 0 bridgehead atoms. The number of aromatic hydroxyl groups is 2. The molecule has 2 aromatic rings. The number of nitrogens with zero attached hydrogens (tertiary/aromatic N) is 1. The maximum absolute atomic E-state index is 12.7. The van der Waals surface area contributed by atoms with Gasteiger partial charge in [-0.25, -0.2) is 0 Å². The second kappa shape index (κ2) is 9.64. The van der Waals surface area contributed by atoms with Crippen molar-refractivity contribution in [3.05, 3.63) is 58.5 Å². The first-order valence-electron chi connectivity index (χ1n) is 9.05. The van der Waals surface area contributed by atoms with Crippen LogP contribution in [0.1, 0.15) is 11.1 Å². The van der Waals surface area contributed by atoms with Gasteiger partial charge in [0.05, 0.1) is 12.0 Å². The summed E-state index contributed by atoms with van der Waals surface area (Å²) in [6, 6.07) is 11.8. The number of hydrogen-bond donors (Lipinski definition) is 3. The number of methoxy groups -OCH3 is 1. The topological polar surface area (TPSA) is 99.1 Å². The highest BCUT2D eigenvalue weighted by atomic mass is 32.2. The molecule has 156 valence electrons. The Labute approximate surface area is 183 Å². The largest absolute Gasteiger partial charge is 0.504 e. The number of thiocarbonyl (C=S) groups is 1. The average molecular weight is 445 g/mol. The van der Waals surface area contributed by atoms with E-state index in [9.17, 15) is 19.8 Å². The number of ether oxygens (including phenoxy) is 1. The van der Waals surface area contributed by atoms with Gasteiger partial charge in [-0.3, -0.25) is 14.5 Å². The number of rotatable bonds is 7. The van der Waals surface area contributed by atoms with Crippen molar-refractivity contribution in [3.8, 4) is 17.2 Å². The maximum atomic E-state index is 12.7. The van der Waals surface area contributed by atoms with E-state index in [4.69, 9.17) is 17.0 Å². The van der Waals surface area contributed by atoms with E-state index in [1.807, 2.05) is 18.2 Å². The number of carbonyl (C=O) groups excluding carboxylic acids is 2. The number of thioether (sulfide) groups is 1. The van der Waals surface area contributed by atoms with E-state index >= 15 is 0 Å². The molecule has 3 N–H and O–H groups in total. The highest BCUT2D eigenvalue weighted by Gasteiger charge is 2.33. The van der Waals surface area contributed by atoms with Crippen LogP contribution in [0.4, 0.5) is 0 Å². The smallest absolute Gasteiger partial charge is 0.266 e. The zero-order chi connectivity index (χ0) is 21.7. The van der Waals surface area contributed by atoms with Crippen LogP contribution >= 0.6 is 24.0 Å². The molecule has 1 aliphatic rings. The van der Waals surface area contributed by atoms with Crippen molar-refractivity contribution in [3.63, 3.8) is 0 Å². The van der Waals surface area contributed by atoms with Gasteiger partial charge in [-0.1, -0.05) is 48.2 Å². The van der Waals surface area contributed by atoms with Gasteiger partial charge in [0.2, 0.25) is 5.91 Å². The molecule has 9 heteroatoms. The Morgan fingerprint density at radius 3 is 2.73 bits per heavy atom. The van der Waals surface area contributed by atoms with Crippen LogP contribution < -0.4 is 10.1 Å². The van der Waals surface area contributed by atoms with Crippen molar-refractivity contribution in [2.24, 2.45) is 0 Å². The SMILES string of the molecule is COc1ccccc1C=C1SC(=S)N(CC(=O)NCCc2ccc(O)c(O)c2)C1=O. The van der Waals surface area contributed by atoms with Gasteiger partial charge >= 0.3 is 0 Å². The third-order valence-corrected chi connectivity index (χ3v) is 5.75. The van der Waals surface area contributed by atoms with Crippen LogP contribution in [0.25, 0.3) is 6.08 Å². The normalized spacial score (nSPS) is 15.0. The van der Waals surface area contributed by atoms with Crippen LogP contribution in [0.15, 0.2) is 47.4 Å². The fourth-order valence-electron chi connectivity index (χ4n) is 2.83. The number of benzene rings is 2. The predicted octanol–water partition coefficient (Wildman–Crippen LogP) is 2.67. The zero-order valence-electron chi connectivity index (χ0n) is 16.1. The molecule has 0 unspecified atom stereocenters. The molecule has 0 atom stereocenters. The molecule has 1 fully saturated rings. The Bertz CT molecular complexity index is 1020. The highest BCUT2D eigenvalue weighted by molar-refractivity contribution is 8.26. The van der Waals surface area contributed by atoms with Crippen molar-refractivity contribution in [1.82, 2.24) is 10.2 Å². The third kappa shape index (κ3) is 5.11. The van der Waals surface area contributed by atoms with Crippen molar-refractivity contribution in [2.75, 3.05) is 20.2 Å². The molecular weight excluding hydrogens is 424 g/mol. The Morgan fingerprint density at radius 1 is 1.23 bits per heavy atom. The first kappa shape index (κ1) is 21.7. The lowest BCUT2D eigenvalue weighted by Crippen LogP contribution is -2.40. The van der Waals surface area contributed by atoms with Crippen LogP contribution in [-0.2, 0) is 16.0 Å². The Morgan fingerprint density at radius 2 is 2.00 bits per heavy atom. The molecule has 0 aromatic heterocycles. The van der Waals surface area contributed by atoms with E-state index < -0.39 is 0 Å². The first-order valence-corrected chi connectivity index (χ1v) is 10.3. The van der Waals surface area contributed by atoms with E-state index in [1.54, 1.807) is 25.3 Å². The minimum Gasteiger partial charge on any atom is -0.504 e. The summed E-state index contributed by atoms with van der Waals surface area (Å²) in [6.45, 7) is 0.143. The number of nitrogens with one attached hydrogen (secondary N) is 1. The number of carbonyl (C=O) groups is 2. The molecule has 0 aliphatic carbocycles. The summed E-state index contributed by atoms with van der Waals surface area (Å²) < 4.78 is 5.62. The summed E-state index contributed by atoms with van der Waals surface area (Å²) in [6.07, 6.45) is 2.17. The molecule has 1 saturated heterocycles. The summed E-state index contributed by atoms with van der Waals surface area (Å²) in [5, 5.41) is 21.6. The van der Waals surface area contributed by atoms with Crippen LogP contribution in [0.5, 0.6) is 17.2 Å². The molecule has 1 aliphatic heterocycles. The van der Waals surface area contributed by atoms with Gasteiger partial charge in [-0.15, -0.1) is 0 Å². The number of hydrogen-bond acceptors (Lipinski definition) is 7. The lowest BCUT2D eigenvalue weighted by Gasteiger charge is -2.14. The minimum atomic E-state index is -0.340. The van der Waals surface area contributed by atoms with Gasteiger partial charge in [-0.05, 0) is 36.3 Å². The average Bonchev–Trinajstić information content (AvgIpc) is 2.98. The number of phenolic OH excluding ortho intramolecular Hbond substituents is 2. The predicted molar refractivity (Wildman–Crippen MR) is 119 cm³/mol. The van der Waals surface area contributed by atoms with Gasteiger partial charge in [0.25, 0.3) is 5.91 Å². The molecule has 2 amide bonds. The summed E-state index contributed by atoms with van der Waals surface area (Å²) >= 11 is 6.41. The zero-order valence-corrected chi connectivity index (χ0v) is 17.8. The van der Waals surface area contributed by atoms with Crippen molar-refractivity contribution >= 4 is 46.2 Å². The minimum absolute atomic E-state index is 0.172. The highest BCUT2D eigenvalue weighted by Crippen LogP contribution is 2.34. The fourth-order valence-corrected chi connectivity index (χ4v) is 4.08. The molecule has 2 aromatic carbocycles. The molecule has 7 nitrogen and oxygen atoms in total. The maximum Gasteiger partial charge on any atom is 0.266 e. The summed E-state index contributed by atoms with van der Waals surface area (Å²) in [5.41, 5.74) is 1.51. The second-order valence-corrected chi connectivity index (χ2v) is 8.11. The Kier molecular flexibility index (Phi) is 6.96. The Hall–Kier alpha value is -3.04. The van der Waals surface area contributed by atoms with Gasteiger partial charge < -0.3 is 20.3 Å². The van der Waals surface area contributed by atoms with Crippen LogP contribution in [0, 0.1) is 0 Å². The molecular formula is C21H20N2O5S2. The van der Waals surface area contributed by atoms with E-state index in [0.29, 0.717) is 27.9 Å². The van der Waals surface area contributed by atoms with E-state index in [2.05, 4.69) is 5.32 Å². The second-order valence-electron chi connectivity index (χ2n) is 6.43. The third-order valence-electron chi connectivity index (χ3n) is 4.38.